The Balaban J connectivity index is 1.55. The summed E-state index contributed by atoms with van der Waals surface area (Å²) >= 11 is 7.44. The average molecular weight is 417 g/mol. The number of amides is 2. The van der Waals surface area contributed by atoms with Crippen LogP contribution in [0.5, 0.6) is 0 Å². The lowest BCUT2D eigenvalue weighted by atomic mass is 10.1. The Morgan fingerprint density at radius 3 is 2.86 bits per heavy atom. The SMILES string of the molecule is Cc1sc2ncn(NC(=O)C3CC(=O)N(c4cccc(Cl)c4)C3)c(=O)c2c1C. The van der Waals surface area contributed by atoms with Crippen molar-refractivity contribution in [2.45, 2.75) is 20.3 Å². The Morgan fingerprint density at radius 1 is 1.32 bits per heavy atom. The minimum atomic E-state index is -0.570. The number of nitrogens with one attached hydrogen (secondary N) is 1. The number of benzene rings is 1. The van der Waals surface area contributed by atoms with Gasteiger partial charge in [0.05, 0.1) is 11.3 Å². The number of thiophene rings is 1. The summed E-state index contributed by atoms with van der Waals surface area (Å²) in [6, 6.07) is 6.93. The summed E-state index contributed by atoms with van der Waals surface area (Å²) < 4.78 is 1.09. The molecular formula is C19H17ClN4O3S. The summed E-state index contributed by atoms with van der Waals surface area (Å²) in [5, 5.41) is 1.03. The van der Waals surface area contributed by atoms with E-state index in [4.69, 9.17) is 11.6 Å². The van der Waals surface area contributed by atoms with Gasteiger partial charge in [0.15, 0.2) is 0 Å². The Hall–Kier alpha value is -2.71. The molecule has 0 bridgehead atoms. The topological polar surface area (TPSA) is 84.3 Å². The molecule has 0 radical (unpaired) electrons. The highest BCUT2D eigenvalue weighted by atomic mass is 35.5. The number of hydrogen-bond acceptors (Lipinski definition) is 5. The molecule has 7 nitrogen and oxygen atoms in total. The van der Waals surface area contributed by atoms with Crippen molar-refractivity contribution < 1.29 is 9.59 Å². The van der Waals surface area contributed by atoms with Gasteiger partial charge in [-0.25, -0.2) is 9.66 Å². The molecule has 2 aromatic heterocycles. The number of aryl methyl sites for hydroxylation is 2. The summed E-state index contributed by atoms with van der Waals surface area (Å²) in [5.41, 5.74) is 3.78. The van der Waals surface area contributed by atoms with E-state index in [-0.39, 0.29) is 24.4 Å². The molecule has 3 heterocycles. The van der Waals surface area contributed by atoms with Crippen LogP contribution in [0.3, 0.4) is 0 Å². The molecule has 1 N–H and O–H groups in total. The molecule has 1 aliphatic rings. The van der Waals surface area contributed by atoms with Crippen LogP contribution in [0.4, 0.5) is 5.69 Å². The van der Waals surface area contributed by atoms with Crippen LogP contribution in [-0.2, 0) is 9.59 Å². The summed E-state index contributed by atoms with van der Waals surface area (Å²) in [6.45, 7) is 4.02. The molecule has 1 saturated heterocycles. The molecule has 4 rings (SSSR count). The van der Waals surface area contributed by atoms with Gasteiger partial charge in [-0.15, -0.1) is 11.3 Å². The van der Waals surface area contributed by atoms with Crippen LogP contribution in [-0.4, -0.2) is 28.0 Å². The van der Waals surface area contributed by atoms with E-state index in [9.17, 15) is 14.4 Å². The maximum Gasteiger partial charge on any atom is 0.281 e. The van der Waals surface area contributed by atoms with Crippen LogP contribution in [0.1, 0.15) is 16.9 Å². The predicted octanol–water partition coefficient (Wildman–Crippen LogP) is 2.85. The average Bonchev–Trinajstić information content (AvgIpc) is 3.18. The molecule has 3 aromatic rings. The van der Waals surface area contributed by atoms with Crippen molar-refractivity contribution in [3.8, 4) is 0 Å². The molecule has 9 heteroatoms. The fourth-order valence-electron chi connectivity index (χ4n) is 3.30. The van der Waals surface area contributed by atoms with Gasteiger partial charge >= 0.3 is 0 Å². The first-order valence-corrected chi connectivity index (χ1v) is 9.88. The van der Waals surface area contributed by atoms with E-state index < -0.39 is 11.8 Å². The minimum Gasteiger partial charge on any atom is -0.312 e. The number of halogens is 1. The molecular weight excluding hydrogens is 400 g/mol. The van der Waals surface area contributed by atoms with E-state index in [2.05, 4.69) is 10.4 Å². The fraction of sp³-hybridized carbons (Fsp3) is 0.263. The summed E-state index contributed by atoms with van der Waals surface area (Å²) in [6.07, 6.45) is 1.38. The molecule has 1 aromatic carbocycles. The highest BCUT2D eigenvalue weighted by Crippen LogP contribution is 2.28. The standard InChI is InChI=1S/C19H17ClN4O3S/c1-10-11(2)28-18-16(10)19(27)24(9-21-18)22-17(26)12-6-15(25)23(8-12)14-5-3-4-13(20)7-14/h3-5,7,9,12H,6,8H2,1-2H3,(H,22,26). The zero-order valence-corrected chi connectivity index (χ0v) is 16.8. The van der Waals surface area contributed by atoms with Gasteiger partial charge in [-0.3, -0.25) is 19.8 Å². The number of carbonyl (C=O) groups is 2. The molecule has 1 unspecified atom stereocenters. The van der Waals surface area contributed by atoms with Crippen LogP contribution >= 0.6 is 22.9 Å². The summed E-state index contributed by atoms with van der Waals surface area (Å²) in [5.74, 6) is -1.13. The predicted molar refractivity (Wildman–Crippen MR) is 110 cm³/mol. The molecule has 1 aliphatic heterocycles. The highest BCUT2D eigenvalue weighted by molar-refractivity contribution is 7.18. The highest BCUT2D eigenvalue weighted by Gasteiger charge is 2.35. The van der Waals surface area contributed by atoms with Gasteiger partial charge in [0.25, 0.3) is 5.56 Å². The van der Waals surface area contributed by atoms with Crippen LogP contribution in [0.15, 0.2) is 35.4 Å². The third-order valence-electron chi connectivity index (χ3n) is 4.94. The van der Waals surface area contributed by atoms with Crippen molar-refractivity contribution in [1.82, 2.24) is 9.66 Å². The second kappa shape index (κ2) is 7.03. The molecule has 28 heavy (non-hydrogen) atoms. The molecule has 1 fully saturated rings. The zero-order valence-electron chi connectivity index (χ0n) is 15.2. The van der Waals surface area contributed by atoms with Crippen LogP contribution in [0, 0.1) is 19.8 Å². The zero-order chi connectivity index (χ0) is 20.0. The monoisotopic (exact) mass is 416 g/mol. The van der Waals surface area contributed by atoms with Crippen molar-refractivity contribution in [1.29, 1.82) is 0 Å². The van der Waals surface area contributed by atoms with E-state index in [0.717, 1.165) is 15.1 Å². The van der Waals surface area contributed by atoms with Gasteiger partial charge in [-0.2, -0.15) is 0 Å². The molecule has 2 amide bonds. The fourth-order valence-corrected chi connectivity index (χ4v) is 4.47. The van der Waals surface area contributed by atoms with E-state index in [1.54, 1.807) is 24.3 Å². The van der Waals surface area contributed by atoms with Crippen molar-refractivity contribution >= 4 is 50.7 Å². The minimum absolute atomic E-state index is 0.0688. The van der Waals surface area contributed by atoms with Gasteiger partial charge in [0.2, 0.25) is 11.8 Å². The molecule has 1 atom stereocenters. The second-order valence-electron chi connectivity index (χ2n) is 6.74. The molecule has 0 saturated carbocycles. The number of rotatable bonds is 3. The summed E-state index contributed by atoms with van der Waals surface area (Å²) in [4.78, 5) is 45.2. The first kappa shape index (κ1) is 18.6. The maximum atomic E-state index is 12.7. The number of nitrogens with zero attached hydrogens (tertiary/aromatic N) is 3. The van der Waals surface area contributed by atoms with E-state index >= 15 is 0 Å². The Kier molecular flexibility index (Phi) is 4.68. The third kappa shape index (κ3) is 3.18. The third-order valence-corrected chi connectivity index (χ3v) is 6.29. The number of anilines is 1. The Bertz CT molecular complexity index is 1170. The van der Waals surface area contributed by atoms with E-state index in [1.807, 2.05) is 13.8 Å². The lowest BCUT2D eigenvalue weighted by Crippen LogP contribution is -2.37. The lowest BCUT2D eigenvalue weighted by Gasteiger charge is -2.17. The smallest absolute Gasteiger partial charge is 0.281 e. The van der Waals surface area contributed by atoms with E-state index in [1.165, 1.54) is 22.6 Å². The number of carbonyl (C=O) groups excluding carboxylic acids is 2. The quantitative estimate of drug-likeness (QED) is 0.711. The van der Waals surface area contributed by atoms with Crippen molar-refractivity contribution in [3.63, 3.8) is 0 Å². The normalized spacial score (nSPS) is 16.8. The lowest BCUT2D eigenvalue weighted by molar-refractivity contribution is -0.123. The molecule has 144 valence electrons. The van der Waals surface area contributed by atoms with E-state index in [0.29, 0.717) is 20.9 Å². The van der Waals surface area contributed by atoms with Crippen LogP contribution in [0.2, 0.25) is 5.02 Å². The number of hydrogen-bond donors (Lipinski definition) is 1. The van der Waals surface area contributed by atoms with Gasteiger partial charge in [-0.1, -0.05) is 17.7 Å². The van der Waals surface area contributed by atoms with Gasteiger partial charge in [0.1, 0.15) is 11.2 Å². The Morgan fingerprint density at radius 2 is 2.11 bits per heavy atom. The maximum absolute atomic E-state index is 12.7. The van der Waals surface area contributed by atoms with Gasteiger partial charge in [0, 0.05) is 28.6 Å². The van der Waals surface area contributed by atoms with Crippen molar-refractivity contribution in [2.75, 3.05) is 16.9 Å². The largest absolute Gasteiger partial charge is 0.312 e. The molecule has 0 aliphatic carbocycles. The van der Waals surface area contributed by atoms with Crippen molar-refractivity contribution in [2.24, 2.45) is 5.92 Å². The van der Waals surface area contributed by atoms with Crippen LogP contribution < -0.4 is 15.9 Å². The molecule has 0 spiro atoms. The van der Waals surface area contributed by atoms with Crippen molar-refractivity contribution in [3.05, 3.63) is 56.4 Å². The first-order chi connectivity index (χ1) is 13.3. The number of aromatic nitrogens is 2. The van der Waals surface area contributed by atoms with Gasteiger partial charge in [-0.05, 0) is 37.6 Å². The first-order valence-electron chi connectivity index (χ1n) is 8.69. The second-order valence-corrected chi connectivity index (χ2v) is 8.38. The number of fused-ring (bicyclic) bond motifs is 1. The van der Waals surface area contributed by atoms with Gasteiger partial charge < -0.3 is 4.90 Å². The summed E-state index contributed by atoms with van der Waals surface area (Å²) in [7, 11) is 0. The Labute approximate surface area is 169 Å². The van der Waals surface area contributed by atoms with Crippen LogP contribution in [0.25, 0.3) is 10.2 Å².